The van der Waals surface area contributed by atoms with Gasteiger partial charge < -0.3 is 5.11 Å². The number of aryl methyl sites for hydroxylation is 1. The fourth-order valence-corrected chi connectivity index (χ4v) is 3.36. The summed E-state index contributed by atoms with van der Waals surface area (Å²) in [4.78, 5) is 29.5. The molecule has 0 amide bonds. The second-order valence-electron chi connectivity index (χ2n) is 3.40. The third-order valence-corrected chi connectivity index (χ3v) is 4.40. The third-order valence-electron chi connectivity index (χ3n) is 2.13. The number of pyridine rings is 1. The smallest absolute Gasteiger partial charge is 0.347 e. The van der Waals surface area contributed by atoms with Gasteiger partial charge in [-0.2, -0.15) is 0 Å². The fraction of sp³-hybridized carbons (Fsp3) is 0.100. The molecule has 2 rings (SSSR count). The van der Waals surface area contributed by atoms with Crippen LogP contribution >= 0.6 is 23.1 Å². The Balaban J connectivity index is 2.34. The fourth-order valence-electron chi connectivity index (χ4n) is 1.30. The number of carbonyl (C=O) groups is 1. The van der Waals surface area contributed by atoms with E-state index in [1.165, 1.54) is 12.3 Å². The highest BCUT2D eigenvalue weighted by Gasteiger charge is 2.19. The maximum absolute atomic E-state index is 10.9. The Labute approximate surface area is 115 Å². The van der Waals surface area contributed by atoms with Gasteiger partial charge in [0.1, 0.15) is 11.1 Å². The number of hydrogen-bond acceptors (Lipinski definition) is 7. The van der Waals surface area contributed by atoms with E-state index in [-0.39, 0.29) is 10.6 Å². The first-order valence-corrected chi connectivity index (χ1v) is 6.59. The van der Waals surface area contributed by atoms with Crippen molar-refractivity contribution >= 4 is 34.8 Å². The Bertz CT molecular complexity index is 656. The molecule has 0 fully saturated rings. The summed E-state index contributed by atoms with van der Waals surface area (Å²) in [5, 5.41) is 19.8. The van der Waals surface area contributed by atoms with Crippen LogP contribution in [0, 0.1) is 17.0 Å². The molecule has 7 nitrogen and oxygen atoms in total. The number of aromatic carboxylic acids is 1. The lowest BCUT2D eigenvalue weighted by Gasteiger charge is -1.98. The number of thiazole rings is 1. The van der Waals surface area contributed by atoms with E-state index < -0.39 is 10.9 Å². The molecule has 0 aromatic carbocycles. The van der Waals surface area contributed by atoms with Gasteiger partial charge in [-0.15, -0.1) is 11.3 Å². The molecule has 2 aromatic rings. The van der Waals surface area contributed by atoms with Crippen LogP contribution in [-0.4, -0.2) is 26.0 Å². The van der Waals surface area contributed by atoms with Crippen molar-refractivity contribution in [3.05, 3.63) is 39.1 Å². The predicted octanol–water partition coefficient (Wildman–Crippen LogP) is 2.60. The van der Waals surface area contributed by atoms with Gasteiger partial charge in [-0.1, -0.05) is 11.8 Å². The first-order valence-electron chi connectivity index (χ1n) is 4.96. The molecule has 0 atom stereocenters. The van der Waals surface area contributed by atoms with Crippen molar-refractivity contribution in [3.8, 4) is 0 Å². The monoisotopic (exact) mass is 297 g/mol. The van der Waals surface area contributed by atoms with E-state index in [9.17, 15) is 14.9 Å². The quantitative estimate of drug-likeness (QED) is 0.682. The number of nitro groups is 1. The molecule has 0 aliphatic carbocycles. The van der Waals surface area contributed by atoms with Gasteiger partial charge in [0.2, 0.25) is 0 Å². The Hall–Kier alpha value is -2.00. The second kappa shape index (κ2) is 5.33. The van der Waals surface area contributed by atoms with Crippen molar-refractivity contribution in [1.29, 1.82) is 0 Å². The van der Waals surface area contributed by atoms with Gasteiger partial charge in [-0.25, -0.2) is 9.78 Å². The summed E-state index contributed by atoms with van der Waals surface area (Å²) in [6, 6.07) is 1.50. The Morgan fingerprint density at radius 1 is 1.58 bits per heavy atom. The van der Waals surface area contributed by atoms with Crippen molar-refractivity contribution in [2.75, 3.05) is 0 Å². The molecule has 0 spiro atoms. The molecule has 0 saturated heterocycles. The minimum atomic E-state index is -1.05. The van der Waals surface area contributed by atoms with Crippen molar-refractivity contribution in [2.24, 2.45) is 0 Å². The van der Waals surface area contributed by atoms with Gasteiger partial charge in [-0.3, -0.25) is 15.1 Å². The van der Waals surface area contributed by atoms with E-state index in [0.29, 0.717) is 14.9 Å². The molecule has 0 aliphatic heterocycles. The van der Waals surface area contributed by atoms with Crippen molar-refractivity contribution in [1.82, 2.24) is 9.97 Å². The van der Waals surface area contributed by atoms with E-state index >= 15 is 0 Å². The summed E-state index contributed by atoms with van der Waals surface area (Å²) in [6.07, 6.45) is 2.59. The largest absolute Gasteiger partial charge is 0.477 e. The summed E-state index contributed by atoms with van der Waals surface area (Å²) in [7, 11) is 0. The standard InChI is InChI=1S/C10H7N3O4S2/c1-5-8(9(14)15)19-10(12-5)18-7-2-3-11-4-6(7)13(16)17/h2-4H,1H3,(H,14,15). The molecular formula is C10H7N3O4S2. The molecule has 98 valence electrons. The topological polar surface area (TPSA) is 106 Å². The average molecular weight is 297 g/mol. The summed E-state index contributed by atoms with van der Waals surface area (Å²) in [5.41, 5.74) is 0.272. The first-order chi connectivity index (χ1) is 8.99. The Morgan fingerprint density at radius 2 is 2.32 bits per heavy atom. The van der Waals surface area contributed by atoms with Crippen LogP contribution < -0.4 is 0 Å². The number of carboxylic acid groups (broad SMARTS) is 1. The van der Waals surface area contributed by atoms with E-state index in [2.05, 4.69) is 9.97 Å². The zero-order valence-corrected chi connectivity index (χ0v) is 11.2. The maximum Gasteiger partial charge on any atom is 0.347 e. The minimum absolute atomic E-state index is 0.128. The Morgan fingerprint density at radius 3 is 2.89 bits per heavy atom. The van der Waals surface area contributed by atoms with Crippen LogP contribution in [0.1, 0.15) is 15.4 Å². The molecule has 2 heterocycles. The van der Waals surface area contributed by atoms with E-state index in [1.807, 2.05) is 0 Å². The molecule has 0 bridgehead atoms. The second-order valence-corrected chi connectivity index (χ2v) is 5.69. The maximum atomic E-state index is 10.9. The molecule has 0 aliphatic rings. The van der Waals surface area contributed by atoms with E-state index in [4.69, 9.17) is 5.11 Å². The van der Waals surface area contributed by atoms with E-state index in [0.717, 1.165) is 29.3 Å². The number of rotatable bonds is 4. The molecule has 19 heavy (non-hydrogen) atoms. The molecule has 9 heteroatoms. The summed E-state index contributed by atoms with van der Waals surface area (Å²) in [6.45, 7) is 1.59. The lowest BCUT2D eigenvalue weighted by Crippen LogP contribution is -1.94. The summed E-state index contributed by atoms with van der Waals surface area (Å²) >= 11 is 2.05. The van der Waals surface area contributed by atoms with Crippen molar-refractivity contribution < 1.29 is 14.8 Å². The van der Waals surface area contributed by atoms with Gasteiger partial charge in [-0.05, 0) is 13.0 Å². The molecule has 1 N–H and O–H groups in total. The van der Waals surface area contributed by atoms with Crippen LogP contribution in [0.25, 0.3) is 0 Å². The summed E-state index contributed by atoms with van der Waals surface area (Å²) < 4.78 is 0.448. The van der Waals surface area contributed by atoms with Gasteiger partial charge in [0.25, 0.3) is 0 Å². The van der Waals surface area contributed by atoms with Crippen LogP contribution in [0.15, 0.2) is 27.7 Å². The van der Waals surface area contributed by atoms with Gasteiger partial charge >= 0.3 is 11.7 Å². The number of hydrogen-bond donors (Lipinski definition) is 1. The zero-order valence-electron chi connectivity index (χ0n) is 9.56. The lowest BCUT2D eigenvalue weighted by molar-refractivity contribution is -0.388. The lowest BCUT2D eigenvalue weighted by atomic mass is 10.4. The highest BCUT2D eigenvalue weighted by molar-refractivity contribution is 8.01. The zero-order chi connectivity index (χ0) is 14.0. The van der Waals surface area contributed by atoms with Gasteiger partial charge in [0, 0.05) is 6.20 Å². The number of aromatic nitrogens is 2. The van der Waals surface area contributed by atoms with Gasteiger partial charge in [0.15, 0.2) is 4.34 Å². The average Bonchev–Trinajstić information content (AvgIpc) is 2.71. The first kappa shape index (κ1) is 13.4. The normalized spacial score (nSPS) is 10.4. The number of nitrogens with zero attached hydrogens (tertiary/aromatic N) is 3. The van der Waals surface area contributed by atoms with Crippen LogP contribution in [0.5, 0.6) is 0 Å². The highest BCUT2D eigenvalue weighted by Crippen LogP contribution is 2.37. The molecule has 2 aromatic heterocycles. The third kappa shape index (κ3) is 2.88. The number of carboxylic acids is 1. The Kier molecular flexibility index (Phi) is 3.76. The van der Waals surface area contributed by atoms with Crippen molar-refractivity contribution in [2.45, 2.75) is 16.2 Å². The van der Waals surface area contributed by atoms with Crippen molar-refractivity contribution in [3.63, 3.8) is 0 Å². The van der Waals surface area contributed by atoms with Crippen LogP contribution in [0.2, 0.25) is 0 Å². The summed E-state index contributed by atoms with van der Waals surface area (Å²) in [5.74, 6) is -1.05. The SMILES string of the molecule is Cc1nc(Sc2ccncc2[N+](=O)[O-])sc1C(=O)O. The van der Waals surface area contributed by atoms with Crippen LogP contribution in [-0.2, 0) is 0 Å². The molecule has 0 saturated carbocycles. The minimum Gasteiger partial charge on any atom is -0.477 e. The molecule has 0 unspecified atom stereocenters. The van der Waals surface area contributed by atoms with Crippen LogP contribution in [0.3, 0.4) is 0 Å². The van der Waals surface area contributed by atoms with Gasteiger partial charge in [0.05, 0.1) is 15.5 Å². The van der Waals surface area contributed by atoms with E-state index in [1.54, 1.807) is 6.92 Å². The van der Waals surface area contributed by atoms with Crippen LogP contribution in [0.4, 0.5) is 5.69 Å². The molecule has 0 radical (unpaired) electrons. The molecular weight excluding hydrogens is 290 g/mol. The highest BCUT2D eigenvalue weighted by atomic mass is 32.2. The predicted molar refractivity (Wildman–Crippen MR) is 68.8 cm³/mol.